The number of amides is 1. The summed E-state index contributed by atoms with van der Waals surface area (Å²) in [6.07, 6.45) is 1.78. The Hall–Kier alpha value is -3.28. The molecule has 0 aliphatic carbocycles. The Morgan fingerprint density at radius 3 is 2.38 bits per heavy atom. The highest BCUT2D eigenvalue weighted by atomic mass is 32.2. The van der Waals surface area contributed by atoms with Crippen molar-refractivity contribution in [3.63, 3.8) is 0 Å². The van der Waals surface area contributed by atoms with Crippen LogP contribution in [-0.4, -0.2) is 49.8 Å². The molecule has 0 radical (unpaired) electrons. The summed E-state index contributed by atoms with van der Waals surface area (Å²) in [4.78, 5) is 24.1. The van der Waals surface area contributed by atoms with Gasteiger partial charge in [0.05, 0.1) is 21.9 Å². The van der Waals surface area contributed by atoms with E-state index in [0.717, 1.165) is 29.8 Å². The molecule has 0 aromatic heterocycles. The summed E-state index contributed by atoms with van der Waals surface area (Å²) in [5.41, 5.74) is 0.593. The van der Waals surface area contributed by atoms with Crippen LogP contribution in [0.4, 0.5) is 10.5 Å². The second kappa shape index (κ2) is 9.90. The zero-order valence-corrected chi connectivity index (χ0v) is 18.3. The fourth-order valence-corrected chi connectivity index (χ4v) is 4.53. The highest BCUT2D eigenvalue weighted by molar-refractivity contribution is 7.89. The van der Waals surface area contributed by atoms with Crippen LogP contribution in [-0.2, 0) is 26.1 Å². The average Bonchev–Trinajstić information content (AvgIpc) is 2.79. The summed E-state index contributed by atoms with van der Waals surface area (Å²) >= 11 is 0. The van der Waals surface area contributed by atoms with Gasteiger partial charge in [-0.3, -0.25) is 15.0 Å². The molecule has 1 aliphatic rings. The second-order valence-electron chi connectivity index (χ2n) is 7.10. The third kappa shape index (κ3) is 5.31. The first-order valence-corrected chi connectivity index (χ1v) is 11.2. The van der Waals surface area contributed by atoms with E-state index in [0.29, 0.717) is 0 Å². The van der Waals surface area contributed by atoms with Gasteiger partial charge in [-0.2, -0.15) is 0 Å². The van der Waals surface area contributed by atoms with Gasteiger partial charge in [-0.25, -0.2) is 17.9 Å². The smallest absolute Gasteiger partial charge is 0.412 e. The van der Waals surface area contributed by atoms with Crippen LogP contribution in [0.3, 0.4) is 0 Å². The fourth-order valence-electron chi connectivity index (χ4n) is 3.26. The predicted octanol–water partition coefficient (Wildman–Crippen LogP) is 2.81. The maximum absolute atomic E-state index is 12.8. The number of nitrogens with zero attached hydrogens (tertiary/aromatic N) is 2. The third-order valence-electron chi connectivity index (χ3n) is 5.02. The molecule has 1 heterocycles. The van der Waals surface area contributed by atoms with Crippen molar-refractivity contribution in [3.8, 4) is 0 Å². The van der Waals surface area contributed by atoms with Crippen LogP contribution in [0.15, 0.2) is 71.6 Å². The van der Waals surface area contributed by atoms with Crippen LogP contribution in [0, 0.1) is 10.1 Å². The van der Waals surface area contributed by atoms with E-state index in [-0.39, 0.29) is 17.2 Å². The Labute approximate surface area is 185 Å². The molecule has 0 saturated heterocycles. The summed E-state index contributed by atoms with van der Waals surface area (Å²) in [5, 5.41) is 10.8. The van der Waals surface area contributed by atoms with E-state index < -0.39 is 39.4 Å². The Balaban J connectivity index is 1.74. The lowest BCUT2D eigenvalue weighted by Crippen LogP contribution is -2.57. The largest absolute Gasteiger partial charge is 0.444 e. The van der Waals surface area contributed by atoms with E-state index in [1.807, 2.05) is 30.3 Å². The van der Waals surface area contributed by atoms with Gasteiger partial charge in [0.25, 0.3) is 5.69 Å². The minimum Gasteiger partial charge on any atom is -0.444 e. The van der Waals surface area contributed by atoms with Crippen molar-refractivity contribution in [1.29, 1.82) is 0 Å². The minimum absolute atomic E-state index is 0.0578. The van der Waals surface area contributed by atoms with Gasteiger partial charge in [0, 0.05) is 19.2 Å². The topological polar surface area (TPSA) is 128 Å². The maximum atomic E-state index is 12.8. The summed E-state index contributed by atoms with van der Waals surface area (Å²) in [6, 6.07) is 12.3. The van der Waals surface area contributed by atoms with Crippen molar-refractivity contribution in [2.75, 3.05) is 7.11 Å². The molecule has 0 spiro atoms. The minimum atomic E-state index is -4.01. The van der Waals surface area contributed by atoms with Crippen molar-refractivity contribution in [2.24, 2.45) is 0 Å². The second-order valence-corrected chi connectivity index (χ2v) is 8.81. The zero-order chi connectivity index (χ0) is 23.3. The van der Waals surface area contributed by atoms with Crippen LogP contribution in [0.2, 0.25) is 0 Å². The fraction of sp³-hybridized carbons (Fsp3) is 0.286. The molecule has 0 saturated carbocycles. The highest BCUT2D eigenvalue weighted by Crippen LogP contribution is 2.22. The number of nitro benzene ring substituents is 1. The standard InChI is InChI=1S/C21H23N3O7S/c1-15-19(22-32(28,29)18-10-8-17(9-11-18)24(26)27)12-13-20(30-2)23(15)21(25)31-14-16-6-4-3-5-7-16/h3-13,15,19-20,22H,14H2,1-2H3/t15-,19-,20+/m1/s1. The van der Waals surface area contributed by atoms with Crippen LogP contribution in [0.1, 0.15) is 12.5 Å². The molecule has 3 rings (SSSR count). The molecule has 170 valence electrons. The number of sulfonamides is 1. The molecule has 2 aromatic rings. The third-order valence-corrected chi connectivity index (χ3v) is 6.50. The molecule has 0 bridgehead atoms. The SMILES string of the molecule is CO[C@H]1C=C[C@@H](NS(=O)(=O)c2ccc([N+](=O)[O-])cc2)[C@@H](C)N1C(=O)OCc1ccccc1. The number of nitro groups is 1. The molecular formula is C21H23N3O7S. The van der Waals surface area contributed by atoms with Gasteiger partial charge in [-0.15, -0.1) is 0 Å². The number of hydrogen-bond donors (Lipinski definition) is 1. The number of carbonyl (C=O) groups is 1. The first kappa shape index (κ1) is 23.4. The molecule has 0 unspecified atom stereocenters. The van der Waals surface area contributed by atoms with Crippen LogP contribution in [0.25, 0.3) is 0 Å². The molecule has 1 aliphatic heterocycles. The van der Waals surface area contributed by atoms with Gasteiger partial charge in [0.1, 0.15) is 6.61 Å². The van der Waals surface area contributed by atoms with Crippen molar-refractivity contribution in [2.45, 2.75) is 36.7 Å². The van der Waals surface area contributed by atoms with Gasteiger partial charge in [-0.1, -0.05) is 36.4 Å². The first-order valence-electron chi connectivity index (χ1n) is 9.70. The zero-order valence-electron chi connectivity index (χ0n) is 17.5. The Morgan fingerprint density at radius 2 is 1.78 bits per heavy atom. The lowest BCUT2D eigenvalue weighted by Gasteiger charge is -2.39. The number of ether oxygens (including phenoxy) is 2. The molecule has 3 atom stereocenters. The predicted molar refractivity (Wildman–Crippen MR) is 115 cm³/mol. The van der Waals surface area contributed by atoms with E-state index in [2.05, 4.69) is 4.72 Å². The maximum Gasteiger partial charge on any atom is 0.412 e. The molecule has 11 heteroatoms. The molecule has 10 nitrogen and oxygen atoms in total. The van der Waals surface area contributed by atoms with Crippen molar-refractivity contribution in [3.05, 3.63) is 82.4 Å². The summed E-state index contributed by atoms with van der Waals surface area (Å²) in [5.74, 6) is 0. The number of benzene rings is 2. The number of carbonyl (C=O) groups excluding carboxylic acids is 1. The van der Waals surface area contributed by atoms with Crippen molar-refractivity contribution in [1.82, 2.24) is 9.62 Å². The Morgan fingerprint density at radius 1 is 1.12 bits per heavy atom. The van der Waals surface area contributed by atoms with Crippen LogP contribution in [0.5, 0.6) is 0 Å². The molecule has 1 amide bonds. The lowest BCUT2D eigenvalue weighted by atomic mass is 10.0. The molecule has 1 N–H and O–H groups in total. The monoisotopic (exact) mass is 461 g/mol. The molecular weight excluding hydrogens is 438 g/mol. The normalized spacial score (nSPS) is 20.7. The van der Waals surface area contributed by atoms with Crippen LogP contribution < -0.4 is 4.72 Å². The molecule has 0 fully saturated rings. The number of methoxy groups -OCH3 is 1. The van der Waals surface area contributed by atoms with Crippen LogP contribution >= 0.6 is 0 Å². The van der Waals surface area contributed by atoms with E-state index in [1.54, 1.807) is 19.1 Å². The van der Waals surface area contributed by atoms with Crippen molar-refractivity contribution >= 4 is 21.8 Å². The van der Waals surface area contributed by atoms with E-state index in [1.165, 1.54) is 12.0 Å². The van der Waals surface area contributed by atoms with Gasteiger partial charge < -0.3 is 9.47 Å². The first-order chi connectivity index (χ1) is 15.2. The Kier molecular flexibility index (Phi) is 7.23. The summed E-state index contributed by atoms with van der Waals surface area (Å²) in [6.45, 7) is 1.73. The van der Waals surface area contributed by atoms with Gasteiger partial charge in [0.2, 0.25) is 10.0 Å². The molecule has 32 heavy (non-hydrogen) atoms. The highest BCUT2D eigenvalue weighted by Gasteiger charge is 2.37. The number of hydrogen-bond acceptors (Lipinski definition) is 7. The lowest BCUT2D eigenvalue weighted by molar-refractivity contribution is -0.384. The number of non-ortho nitro benzene ring substituents is 1. The summed E-state index contributed by atoms with van der Waals surface area (Å²) < 4.78 is 38.8. The summed E-state index contributed by atoms with van der Waals surface area (Å²) in [7, 11) is -2.58. The van der Waals surface area contributed by atoms with E-state index in [4.69, 9.17) is 9.47 Å². The van der Waals surface area contributed by atoms with E-state index >= 15 is 0 Å². The van der Waals surface area contributed by atoms with Gasteiger partial charge in [-0.05, 0) is 30.7 Å². The number of rotatable bonds is 7. The quantitative estimate of drug-likeness (QED) is 0.381. The average molecular weight is 461 g/mol. The number of nitrogens with one attached hydrogen (secondary N) is 1. The van der Waals surface area contributed by atoms with Gasteiger partial charge >= 0.3 is 6.09 Å². The van der Waals surface area contributed by atoms with E-state index in [9.17, 15) is 23.3 Å². The Bertz CT molecular complexity index is 1090. The van der Waals surface area contributed by atoms with Gasteiger partial charge in [0.15, 0.2) is 6.23 Å². The molecule has 2 aromatic carbocycles. The van der Waals surface area contributed by atoms with Crippen molar-refractivity contribution < 1.29 is 27.6 Å².